The quantitative estimate of drug-likeness (QED) is 0.848. The Morgan fingerprint density at radius 1 is 1.35 bits per heavy atom. The predicted octanol–water partition coefficient (Wildman–Crippen LogP) is 1.85. The summed E-state index contributed by atoms with van der Waals surface area (Å²) in [5.74, 6) is 1.56. The van der Waals surface area contributed by atoms with Crippen molar-refractivity contribution >= 4 is 5.82 Å². The third-order valence-electron chi connectivity index (χ3n) is 3.63. The third kappa shape index (κ3) is 2.94. The van der Waals surface area contributed by atoms with Gasteiger partial charge >= 0.3 is 0 Å². The van der Waals surface area contributed by atoms with Gasteiger partial charge in [0.1, 0.15) is 5.82 Å². The van der Waals surface area contributed by atoms with Crippen LogP contribution in [0.25, 0.3) is 0 Å². The van der Waals surface area contributed by atoms with Crippen LogP contribution in [0.15, 0.2) is 6.20 Å². The van der Waals surface area contributed by atoms with Crippen LogP contribution in [-0.4, -0.2) is 41.0 Å². The topological polar surface area (TPSA) is 41.1 Å². The van der Waals surface area contributed by atoms with E-state index in [4.69, 9.17) is 0 Å². The summed E-state index contributed by atoms with van der Waals surface area (Å²) >= 11 is 0. The van der Waals surface area contributed by atoms with E-state index in [9.17, 15) is 0 Å². The largest absolute Gasteiger partial charge is 0.366 e. The van der Waals surface area contributed by atoms with Gasteiger partial charge in [0.05, 0.1) is 17.6 Å². The number of anilines is 1. The van der Waals surface area contributed by atoms with E-state index in [0.717, 1.165) is 30.3 Å². The second-order valence-corrected chi connectivity index (χ2v) is 5.21. The summed E-state index contributed by atoms with van der Waals surface area (Å²) in [4.78, 5) is 11.3. The van der Waals surface area contributed by atoms with Crippen molar-refractivity contribution in [2.75, 3.05) is 25.5 Å². The molecule has 17 heavy (non-hydrogen) atoms. The summed E-state index contributed by atoms with van der Waals surface area (Å²) < 4.78 is 0. The molecule has 1 aromatic rings. The molecule has 0 amide bonds. The summed E-state index contributed by atoms with van der Waals surface area (Å²) in [6, 6.07) is 0.516. The van der Waals surface area contributed by atoms with E-state index >= 15 is 0 Å². The lowest BCUT2D eigenvalue weighted by Crippen LogP contribution is -2.43. The first-order chi connectivity index (χ1) is 8.06. The third-order valence-corrected chi connectivity index (χ3v) is 3.63. The molecule has 1 N–H and O–H groups in total. The van der Waals surface area contributed by atoms with Crippen molar-refractivity contribution in [3.8, 4) is 0 Å². The Hall–Kier alpha value is -1.16. The van der Waals surface area contributed by atoms with Crippen LogP contribution in [0, 0.1) is 19.8 Å². The zero-order valence-corrected chi connectivity index (χ0v) is 11.2. The van der Waals surface area contributed by atoms with E-state index in [0.29, 0.717) is 12.0 Å². The molecule has 2 atom stereocenters. The molecule has 94 valence electrons. The molecular weight excluding hydrogens is 212 g/mol. The Morgan fingerprint density at radius 3 is 2.76 bits per heavy atom. The number of nitrogens with one attached hydrogen (secondary N) is 1. The van der Waals surface area contributed by atoms with Gasteiger partial charge in [-0.15, -0.1) is 0 Å². The summed E-state index contributed by atoms with van der Waals surface area (Å²) in [5, 5.41) is 3.52. The maximum Gasteiger partial charge on any atom is 0.145 e. The SMILES string of the molecule is Cc1ncc(NC2CCN(C)CC2C)nc1C. The first-order valence-electron chi connectivity index (χ1n) is 6.31. The highest BCUT2D eigenvalue weighted by Crippen LogP contribution is 2.19. The first kappa shape index (κ1) is 12.3. The van der Waals surface area contributed by atoms with Gasteiger partial charge in [0.15, 0.2) is 0 Å². The molecule has 0 bridgehead atoms. The highest BCUT2D eigenvalue weighted by molar-refractivity contribution is 5.35. The van der Waals surface area contributed by atoms with Crippen molar-refractivity contribution in [3.63, 3.8) is 0 Å². The minimum atomic E-state index is 0.516. The summed E-state index contributed by atoms with van der Waals surface area (Å²) in [5.41, 5.74) is 2.02. The number of piperidine rings is 1. The fourth-order valence-electron chi connectivity index (χ4n) is 2.37. The average Bonchev–Trinajstić information content (AvgIpc) is 2.27. The van der Waals surface area contributed by atoms with Crippen molar-refractivity contribution < 1.29 is 0 Å². The molecule has 0 saturated carbocycles. The van der Waals surface area contributed by atoms with E-state index in [1.165, 1.54) is 6.42 Å². The Balaban J connectivity index is 2.02. The van der Waals surface area contributed by atoms with Gasteiger partial charge in [0.2, 0.25) is 0 Å². The van der Waals surface area contributed by atoms with Crippen molar-refractivity contribution in [2.45, 2.75) is 33.2 Å². The normalized spacial score (nSPS) is 25.9. The van der Waals surface area contributed by atoms with Gasteiger partial charge in [0, 0.05) is 12.6 Å². The van der Waals surface area contributed by atoms with Crippen LogP contribution in [0.5, 0.6) is 0 Å². The molecule has 2 unspecified atom stereocenters. The summed E-state index contributed by atoms with van der Waals surface area (Å²) in [6.07, 6.45) is 3.01. The molecule has 2 heterocycles. The smallest absolute Gasteiger partial charge is 0.145 e. The maximum absolute atomic E-state index is 4.53. The molecular formula is C13H22N4. The number of rotatable bonds is 2. The molecule has 0 aromatic carbocycles. The number of hydrogen-bond donors (Lipinski definition) is 1. The molecule has 0 spiro atoms. The van der Waals surface area contributed by atoms with Crippen LogP contribution in [0.2, 0.25) is 0 Å². The first-order valence-corrected chi connectivity index (χ1v) is 6.31. The Kier molecular flexibility index (Phi) is 3.62. The maximum atomic E-state index is 4.53. The van der Waals surface area contributed by atoms with Crippen molar-refractivity contribution in [1.82, 2.24) is 14.9 Å². The van der Waals surface area contributed by atoms with E-state index < -0.39 is 0 Å². The molecule has 4 nitrogen and oxygen atoms in total. The molecule has 2 rings (SSSR count). The fraction of sp³-hybridized carbons (Fsp3) is 0.692. The van der Waals surface area contributed by atoms with Gasteiger partial charge in [-0.3, -0.25) is 4.98 Å². The number of aryl methyl sites for hydroxylation is 2. The average molecular weight is 234 g/mol. The molecule has 0 aliphatic carbocycles. The fourth-order valence-corrected chi connectivity index (χ4v) is 2.37. The Labute approximate surface area is 103 Å². The highest BCUT2D eigenvalue weighted by Gasteiger charge is 2.24. The van der Waals surface area contributed by atoms with Gasteiger partial charge < -0.3 is 10.2 Å². The molecule has 1 fully saturated rings. The molecule has 1 aliphatic rings. The number of nitrogens with zero attached hydrogens (tertiary/aromatic N) is 3. The van der Waals surface area contributed by atoms with Crippen molar-refractivity contribution in [1.29, 1.82) is 0 Å². The minimum Gasteiger partial charge on any atom is -0.366 e. The zero-order chi connectivity index (χ0) is 12.4. The van der Waals surface area contributed by atoms with E-state index in [-0.39, 0.29) is 0 Å². The van der Waals surface area contributed by atoms with E-state index in [2.05, 4.69) is 34.2 Å². The Bertz CT molecular complexity index is 391. The van der Waals surface area contributed by atoms with Crippen LogP contribution in [0.3, 0.4) is 0 Å². The number of likely N-dealkylation sites (tertiary alicyclic amines) is 1. The molecule has 1 aromatic heterocycles. The van der Waals surface area contributed by atoms with Crippen LogP contribution in [-0.2, 0) is 0 Å². The summed E-state index contributed by atoms with van der Waals surface area (Å²) in [7, 11) is 2.18. The monoisotopic (exact) mass is 234 g/mol. The molecule has 1 aliphatic heterocycles. The lowest BCUT2D eigenvalue weighted by atomic mass is 9.94. The minimum absolute atomic E-state index is 0.516. The van der Waals surface area contributed by atoms with Crippen molar-refractivity contribution in [3.05, 3.63) is 17.6 Å². The molecule has 4 heteroatoms. The van der Waals surface area contributed by atoms with Crippen LogP contribution in [0.1, 0.15) is 24.7 Å². The Morgan fingerprint density at radius 2 is 2.12 bits per heavy atom. The lowest BCUT2D eigenvalue weighted by Gasteiger charge is -2.35. The molecule has 1 saturated heterocycles. The zero-order valence-electron chi connectivity index (χ0n) is 11.2. The van der Waals surface area contributed by atoms with Gasteiger partial charge in [-0.1, -0.05) is 6.92 Å². The predicted molar refractivity (Wildman–Crippen MR) is 70.2 cm³/mol. The van der Waals surface area contributed by atoms with E-state index in [1.807, 2.05) is 20.0 Å². The van der Waals surface area contributed by atoms with Crippen molar-refractivity contribution in [2.24, 2.45) is 5.92 Å². The standard InChI is InChI=1S/C13H22N4/c1-9-8-17(4)6-5-12(9)16-13-7-14-10(2)11(3)15-13/h7,9,12H,5-6,8H2,1-4H3,(H,15,16). The lowest BCUT2D eigenvalue weighted by molar-refractivity contribution is 0.206. The second kappa shape index (κ2) is 5.00. The number of aromatic nitrogens is 2. The van der Waals surface area contributed by atoms with Gasteiger partial charge in [-0.05, 0) is 39.8 Å². The van der Waals surface area contributed by atoms with Crippen LogP contribution < -0.4 is 5.32 Å². The highest BCUT2D eigenvalue weighted by atomic mass is 15.1. The van der Waals surface area contributed by atoms with Gasteiger partial charge in [0.25, 0.3) is 0 Å². The van der Waals surface area contributed by atoms with Crippen LogP contribution >= 0.6 is 0 Å². The van der Waals surface area contributed by atoms with E-state index in [1.54, 1.807) is 0 Å². The van der Waals surface area contributed by atoms with Crippen LogP contribution in [0.4, 0.5) is 5.82 Å². The number of hydrogen-bond acceptors (Lipinski definition) is 4. The van der Waals surface area contributed by atoms with Gasteiger partial charge in [-0.25, -0.2) is 4.98 Å². The second-order valence-electron chi connectivity index (χ2n) is 5.21. The summed E-state index contributed by atoms with van der Waals surface area (Å²) in [6.45, 7) is 8.59. The molecule has 0 radical (unpaired) electrons. The van der Waals surface area contributed by atoms with Gasteiger partial charge in [-0.2, -0.15) is 0 Å².